The molecular weight excluding hydrogens is 248 g/mol. The average Bonchev–Trinajstić information content (AvgIpc) is 2.74. The standard InChI is InChI=1S/C12H20N4O3/c1-8(12(2,3)4)13-10(17)7-16-6-9(14-15-16)11(18)19-5/h6,8H,7H2,1-5H3,(H,13,17). The molecule has 0 aliphatic carbocycles. The molecule has 1 heterocycles. The molecule has 0 fully saturated rings. The molecule has 0 saturated heterocycles. The van der Waals surface area contributed by atoms with E-state index in [0.29, 0.717) is 0 Å². The summed E-state index contributed by atoms with van der Waals surface area (Å²) in [6, 6.07) is 0.0311. The van der Waals surface area contributed by atoms with Crippen molar-refractivity contribution in [3.63, 3.8) is 0 Å². The van der Waals surface area contributed by atoms with Gasteiger partial charge in [0.25, 0.3) is 0 Å². The van der Waals surface area contributed by atoms with Crippen LogP contribution in [0, 0.1) is 5.41 Å². The number of esters is 1. The first-order valence-electron chi connectivity index (χ1n) is 6.02. The van der Waals surface area contributed by atoms with Gasteiger partial charge in [-0.05, 0) is 12.3 Å². The van der Waals surface area contributed by atoms with Crippen LogP contribution in [0.5, 0.6) is 0 Å². The van der Waals surface area contributed by atoms with Gasteiger partial charge in [0.1, 0.15) is 6.54 Å². The van der Waals surface area contributed by atoms with Gasteiger partial charge in [0.05, 0.1) is 13.3 Å². The molecule has 7 heteroatoms. The fourth-order valence-corrected chi connectivity index (χ4v) is 1.22. The van der Waals surface area contributed by atoms with Gasteiger partial charge in [-0.25, -0.2) is 9.48 Å². The maximum atomic E-state index is 11.8. The molecule has 7 nitrogen and oxygen atoms in total. The minimum absolute atomic E-state index is 0.0183. The molecule has 1 rings (SSSR count). The Hall–Kier alpha value is -1.92. The van der Waals surface area contributed by atoms with E-state index in [0.717, 1.165) is 0 Å². The van der Waals surface area contributed by atoms with Crippen LogP contribution in [0.3, 0.4) is 0 Å². The van der Waals surface area contributed by atoms with E-state index >= 15 is 0 Å². The lowest BCUT2D eigenvalue weighted by atomic mass is 9.88. The Morgan fingerprint density at radius 1 is 1.47 bits per heavy atom. The van der Waals surface area contributed by atoms with Crippen molar-refractivity contribution in [3.8, 4) is 0 Å². The molecule has 0 aromatic carbocycles. The van der Waals surface area contributed by atoms with Gasteiger partial charge in [-0.2, -0.15) is 0 Å². The number of amides is 1. The summed E-state index contributed by atoms with van der Waals surface area (Å²) in [4.78, 5) is 23.0. The lowest BCUT2D eigenvalue weighted by Gasteiger charge is -2.27. The molecule has 0 saturated carbocycles. The number of hydrogen-bond acceptors (Lipinski definition) is 5. The minimum atomic E-state index is -0.574. The molecule has 0 spiro atoms. The normalized spacial score (nSPS) is 12.9. The Bertz CT molecular complexity index is 462. The van der Waals surface area contributed by atoms with Crippen LogP contribution in [0.25, 0.3) is 0 Å². The van der Waals surface area contributed by atoms with Gasteiger partial charge in [0.15, 0.2) is 5.69 Å². The summed E-state index contributed by atoms with van der Waals surface area (Å²) in [6.07, 6.45) is 1.38. The van der Waals surface area contributed by atoms with Crippen molar-refractivity contribution in [2.75, 3.05) is 7.11 Å². The number of aromatic nitrogens is 3. The van der Waals surface area contributed by atoms with Crippen LogP contribution in [-0.2, 0) is 16.1 Å². The Morgan fingerprint density at radius 2 is 2.11 bits per heavy atom. The van der Waals surface area contributed by atoms with E-state index < -0.39 is 5.97 Å². The Kier molecular flexibility index (Phi) is 4.63. The predicted octanol–water partition coefficient (Wildman–Crippen LogP) is 0.615. The van der Waals surface area contributed by atoms with Crippen molar-refractivity contribution in [1.29, 1.82) is 0 Å². The first-order chi connectivity index (χ1) is 8.74. The molecule has 1 unspecified atom stereocenters. The second-order valence-electron chi connectivity index (χ2n) is 5.45. The molecule has 1 aromatic rings. The smallest absolute Gasteiger partial charge is 0.360 e. The molecule has 1 aromatic heterocycles. The molecule has 19 heavy (non-hydrogen) atoms. The highest BCUT2D eigenvalue weighted by Crippen LogP contribution is 2.18. The van der Waals surface area contributed by atoms with Crippen molar-refractivity contribution in [2.45, 2.75) is 40.3 Å². The van der Waals surface area contributed by atoms with Crippen molar-refractivity contribution >= 4 is 11.9 Å². The summed E-state index contributed by atoms with van der Waals surface area (Å²) < 4.78 is 5.81. The largest absolute Gasteiger partial charge is 0.464 e. The van der Waals surface area contributed by atoms with Crippen molar-refractivity contribution in [1.82, 2.24) is 20.3 Å². The fourth-order valence-electron chi connectivity index (χ4n) is 1.22. The number of carbonyl (C=O) groups excluding carboxylic acids is 2. The van der Waals surface area contributed by atoms with E-state index in [1.54, 1.807) is 0 Å². The predicted molar refractivity (Wildman–Crippen MR) is 68.4 cm³/mol. The molecule has 106 valence electrons. The first-order valence-corrected chi connectivity index (χ1v) is 6.02. The van der Waals surface area contributed by atoms with Crippen LogP contribution in [-0.4, -0.2) is 40.0 Å². The third-order valence-corrected chi connectivity index (χ3v) is 2.92. The lowest BCUT2D eigenvalue weighted by molar-refractivity contribution is -0.123. The van der Waals surface area contributed by atoms with Crippen molar-refractivity contribution in [3.05, 3.63) is 11.9 Å². The second kappa shape index (κ2) is 5.81. The highest BCUT2D eigenvalue weighted by molar-refractivity contribution is 5.86. The number of methoxy groups -OCH3 is 1. The van der Waals surface area contributed by atoms with E-state index in [2.05, 4.69) is 20.4 Å². The van der Waals surface area contributed by atoms with Gasteiger partial charge in [0, 0.05) is 6.04 Å². The minimum Gasteiger partial charge on any atom is -0.464 e. The van der Waals surface area contributed by atoms with E-state index in [1.807, 2.05) is 27.7 Å². The molecule has 0 radical (unpaired) electrons. The van der Waals surface area contributed by atoms with Gasteiger partial charge in [-0.1, -0.05) is 26.0 Å². The van der Waals surface area contributed by atoms with Crippen LogP contribution < -0.4 is 5.32 Å². The SMILES string of the molecule is COC(=O)c1cn(CC(=O)NC(C)C(C)(C)C)nn1. The monoisotopic (exact) mass is 268 g/mol. The zero-order valence-corrected chi connectivity index (χ0v) is 11.9. The van der Waals surface area contributed by atoms with E-state index in [-0.39, 0.29) is 29.6 Å². The number of nitrogens with zero attached hydrogens (tertiary/aromatic N) is 3. The van der Waals surface area contributed by atoms with Crippen molar-refractivity contribution in [2.24, 2.45) is 5.41 Å². The summed E-state index contributed by atoms with van der Waals surface area (Å²) in [7, 11) is 1.26. The Balaban J connectivity index is 2.58. The molecule has 1 atom stereocenters. The summed E-state index contributed by atoms with van der Waals surface area (Å²) >= 11 is 0. The quantitative estimate of drug-likeness (QED) is 0.809. The molecular formula is C12H20N4O3. The first kappa shape index (κ1) is 15.1. The van der Waals surface area contributed by atoms with Crippen LogP contribution in [0.1, 0.15) is 38.2 Å². The lowest BCUT2D eigenvalue weighted by Crippen LogP contribution is -2.42. The third kappa shape index (κ3) is 4.35. The maximum Gasteiger partial charge on any atom is 0.360 e. The molecule has 1 amide bonds. The van der Waals surface area contributed by atoms with Gasteiger partial charge in [-0.3, -0.25) is 4.79 Å². The maximum absolute atomic E-state index is 11.8. The highest BCUT2D eigenvalue weighted by atomic mass is 16.5. The summed E-state index contributed by atoms with van der Waals surface area (Å²) in [6.45, 7) is 8.10. The zero-order valence-electron chi connectivity index (χ0n) is 11.9. The average molecular weight is 268 g/mol. The number of ether oxygens (including phenoxy) is 1. The number of nitrogens with one attached hydrogen (secondary N) is 1. The summed E-state index contributed by atoms with van der Waals surface area (Å²) in [5.74, 6) is -0.751. The Labute approximate surface area is 112 Å². The summed E-state index contributed by atoms with van der Waals surface area (Å²) in [5.41, 5.74) is 0.0639. The topological polar surface area (TPSA) is 86.1 Å². The molecule has 1 N–H and O–H groups in total. The zero-order chi connectivity index (χ0) is 14.6. The molecule has 0 aliphatic heterocycles. The third-order valence-electron chi connectivity index (χ3n) is 2.92. The number of rotatable bonds is 4. The Morgan fingerprint density at radius 3 is 2.63 bits per heavy atom. The van der Waals surface area contributed by atoms with Gasteiger partial charge >= 0.3 is 5.97 Å². The van der Waals surface area contributed by atoms with Crippen LogP contribution in [0.4, 0.5) is 0 Å². The van der Waals surface area contributed by atoms with E-state index in [1.165, 1.54) is 18.0 Å². The number of hydrogen-bond donors (Lipinski definition) is 1. The van der Waals surface area contributed by atoms with Crippen molar-refractivity contribution < 1.29 is 14.3 Å². The van der Waals surface area contributed by atoms with Gasteiger partial charge < -0.3 is 10.1 Å². The number of carbonyl (C=O) groups is 2. The van der Waals surface area contributed by atoms with Crippen LogP contribution >= 0.6 is 0 Å². The molecule has 0 bridgehead atoms. The van der Waals surface area contributed by atoms with E-state index in [4.69, 9.17) is 0 Å². The fraction of sp³-hybridized carbons (Fsp3) is 0.667. The van der Waals surface area contributed by atoms with Crippen LogP contribution in [0.2, 0.25) is 0 Å². The second-order valence-corrected chi connectivity index (χ2v) is 5.45. The molecule has 0 aliphatic rings. The van der Waals surface area contributed by atoms with E-state index in [9.17, 15) is 9.59 Å². The summed E-state index contributed by atoms with van der Waals surface area (Å²) in [5, 5.41) is 10.2. The van der Waals surface area contributed by atoms with Gasteiger partial charge in [-0.15, -0.1) is 5.10 Å². The highest BCUT2D eigenvalue weighted by Gasteiger charge is 2.22. The van der Waals surface area contributed by atoms with Gasteiger partial charge in [0.2, 0.25) is 5.91 Å². The van der Waals surface area contributed by atoms with Crippen LogP contribution in [0.15, 0.2) is 6.20 Å².